The molecule has 0 spiro atoms. The normalized spacial score (nSPS) is 20.7. The van der Waals surface area contributed by atoms with E-state index in [9.17, 15) is 14.4 Å². The van der Waals surface area contributed by atoms with Gasteiger partial charge in [0, 0.05) is 35.5 Å². The van der Waals surface area contributed by atoms with Crippen LogP contribution in [0.5, 0.6) is 0 Å². The molecular weight excluding hydrogens is 390 g/mol. The highest BCUT2D eigenvalue weighted by atomic mass is 35.5. The third-order valence-corrected chi connectivity index (χ3v) is 5.95. The second-order valence-electron chi connectivity index (χ2n) is 7.68. The Morgan fingerprint density at radius 1 is 1.07 bits per heavy atom. The van der Waals surface area contributed by atoms with Crippen LogP contribution in [0.4, 0.5) is 0 Å². The Balaban J connectivity index is 0.00000240. The summed E-state index contributed by atoms with van der Waals surface area (Å²) in [7, 11) is 0. The number of imide groups is 1. The van der Waals surface area contributed by atoms with Crippen LogP contribution in [0.2, 0.25) is 0 Å². The molecule has 0 bridgehead atoms. The fourth-order valence-electron chi connectivity index (χ4n) is 4.47. The predicted molar refractivity (Wildman–Crippen MR) is 114 cm³/mol. The zero-order valence-corrected chi connectivity index (χ0v) is 17.0. The molecule has 3 amide bonds. The lowest BCUT2D eigenvalue weighted by Crippen LogP contribution is -2.42. The van der Waals surface area contributed by atoms with Gasteiger partial charge in [0.05, 0.1) is 0 Å². The van der Waals surface area contributed by atoms with Crippen molar-refractivity contribution < 1.29 is 14.4 Å². The molecule has 3 N–H and O–H groups in total. The molecule has 1 heterocycles. The summed E-state index contributed by atoms with van der Waals surface area (Å²) in [6.45, 7) is 0.827. The maximum absolute atomic E-state index is 12.8. The summed E-state index contributed by atoms with van der Waals surface area (Å²) in [6, 6.07) is 11.1. The van der Waals surface area contributed by atoms with Gasteiger partial charge in [-0.05, 0) is 49.2 Å². The van der Waals surface area contributed by atoms with Crippen molar-refractivity contribution in [1.29, 1.82) is 0 Å². The van der Waals surface area contributed by atoms with Crippen LogP contribution in [0.1, 0.15) is 52.8 Å². The number of hydrogen-bond acceptors (Lipinski definition) is 4. The third-order valence-electron chi connectivity index (χ3n) is 5.95. The molecule has 1 aliphatic carbocycles. The van der Waals surface area contributed by atoms with Crippen molar-refractivity contribution in [2.75, 3.05) is 13.1 Å². The van der Waals surface area contributed by atoms with Gasteiger partial charge in [0.25, 0.3) is 11.8 Å². The van der Waals surface area contributed by atoms with Crippen molar-refractivity contribution in [3.63, 3.8) is 0 Å². The largest absolute Gasteiger partial charge is 0.353 e. The van der Waals surface area contributed by atoms with Crippen LogP contribution >= 0.6 is 12.4 Å². The van der Waals surface area contributed by atoms with Crippen LogP contribution < -0.4 is 11.1 Å². The molecule has 1 saturated carbocycles. The summed E-state index contributed by atoms with van der Waals surface area (Å²) >= 11 is 0. The number of nitrogens with two attached hydrogens (primary N) is 1. The van der Waals surface area contributed by atoms with Crippen LogP contribution in [0.25, 0.3) is 10.8 Å². The molecule has 1 aliphatic heterocycles. The average molecular weight is 416 g/mol. The van der Waals surface area contributed by atoms with Gasteiger partial charge in [-0.25, -0.2) is 0 Å². The Labute approximate surface area is 176 Å². The lowest BCUT2D eigenvalue weighted by atomic mass is 9.94. The molecule has 2 atom stereocenters. The Hall–Kier alpha value is -2.44. The Morgan fingerprint density at radius 2 is 1.72 bits per heavy atom. The molecule has 1 fully saturated rings. The standard InChI is InChI=1S/C22H25N3O3.ClH/c23-13-15-7-3-10-18(15)24-19(26)11-4-12-25-21(27)16-8-1-5-14-6-2-9-17(20(14)16)22(25)28;/h1-2,5-6,8-9,15,18H,3-4,7,10-13,23H2,(H,24,26);1H. The lowest BCUT2D eigenvalue weighted by molar-refractivity contribution is -0.122. The summed E-state index contributed by atoms with van der Waals surface area (Å²) < 4.78 is 0. The van der Waals surface area contributed by atoms with Crippen molar-refractivity contribution in [3.8, 4) is 0 Å². The minimum absolute atomic E-state index is 0. The number of carbonyl (C=O) groups excluding carboxylic acids is 3. The Morgan fingerprint density at radius 3 is 2.34 bits per heavy atom. The van der Waals surface area contributed by atoms with E-state index in [2.05, 4.69) is 5.32 Å². The maximum Gasteiger partial charge on any atom is 0.261 e. The average Bonchev–Trinajstić information content (AvgIpc) is 3.15. The molecule has 0 radical (unpaired) electrons. The number of rotatable bonds is 6. The van der Waals surface area contributed by atoms with Crippen molar-refractivity contribution >= 4 is 40.9 Å². The molecule has 29 heavy (non-hydrogen) atoms. The van der Waals surface area contributed by atoms with Crippen LogP contribution in [-0.2, 0) is 4.79 Å². The van der Waals surface area contributed by atoms with E-state index in [1.165, 1.54) is 4.90 Å². The summed E-state index contributed by atoms with van der Waals surface area (Å²) in [4.78, 5) is 39.2. The third kappa shape index (κ3) is 4.00. The highest BCUT2D eigenvalue weighted by Crippen LogP contribution is 2.30. The zero-order chi connectivity index (χ0) is 19.7. The van der Waals surface area contributed by atoms with Crippen LogP contribution in [-0.4, -0.2) is 41.8 Å². The van der Waals surface area contributed by atoms with Gasteiger partial charge in [-0.2, -0.15) is 0 Å². The predicted octanol–water partition coefficient (Wildman–Crippen LogP) is 2.88. The molecule has 2 aromatic rings. The summed E-state index contributed by atoms with van der Waals surface area (Å²) in [5.74, 6) is -0.252. The van der Waals surface area contributed by atoms with E-state index in [-0.39, 0.29) is 49.1 Å². The number of nitrogens with zero attached hydrogens (tertiary/aromatic N) is 1. The molecule has 2 aliphatic rings. The van der Waals surface area contributed by atoms with E-state index in [4.69, 9.17) is 5.73 Å². The topological polar surface area (TPSA) is 92.5 Å². The molecule has 2 aromatic carbocycles. The van der Waals surface area contributed by atoms with Crippen molar-refractivity contribution in [2.24, 2.45) is 11.7 Å². The summed E-state index contributed by atoms with van der Waals surface area (Å²) in [6.07, 6.45) is 3.85. The number of benzene rings is 2. The second kappa shape index (κ2) is 8.93. The second-order valence-corrected chi connectivity index (χ2v) is 7.68. The fraction of sp³-hybridized carbons (Fsp3) is 0.409. The highest BCUT2D eigenvalue weighted by Gasteiger charge is 2.32. The van der Waals surface area contributed by atoms with E-state index in [1.807, 2.05) is 24.3 Å². The molecule has 0 aromatic heterocycles. The van der Waals surface area contributed by atoms with E-state index < -0.39 is 0 Å². The molecule has 6 nitrogen and oxygen atoms in total. The van der Waals surface area contributed by atoms with Crippen molar-refractivity contribution in [3.05, 3.63) is 47.5 Å². The molecule has 154 valence electrons. The van der Waals surface area contributed by atoms with Crippen LogP contribution in [0.3, 0.4) is 0 Å². The first-order valence-corrected chi connectivity index (χ1v) is 9.97. The number of halogens is 1. The zero-order valence-electron chi connectivity index (χ0n) is 16.2. The number of carbonyl (C=O) groups is 3. The van der Waals surface area contributed by atoms with Gasteiger partial charge >= 0.3 is 0 Å². The molecular formula is C22H26ClN3O3. The molecule has 4 rings (SSSR count). The van der Waals surface area contributed by atoms with Gasteiger partial charge in [0.2, 0.25) is 5.91 Å². The van der Waals surface area contributed by atoms with Gasteiger partial charge < -0.3 is 11.1 Å². The van der Waals surface area contributed by atoms with Gasteiger partial charge in [-0.3, -0.25) is 19.3 Å². The van der Waals surface area contributed by atoms with E-state index in [0.29, 0.717) is 30.0 Å². The lowest BCUT2D eigenvalue weighted by Gasteiger charge is -2.27. The SMILES string of the molecule is Cl.NCC1CCCC1NC(=O)CCCN1C(=O)c2cccc3cccc(c23)C1=O. The van der Waals surface area contributed by atoms with Gasteiger partial charge in [-0.15, -0.1) is 12.4 Å². The van der Waals surface area contributed by atoms with Crippen LogP contribution in [0.15, 0.2) is 36.4 Å². The van der Waals surface area contributed by atoms with Gasteiger partial charge in [-0.1, -0.05) is 30.7 Å². The molecule has 7 heteroatoms. The van der Waals surface area contributed by atoms with Crippen molar-refractivity contribution in [1.82, 2.24) is 10.2 Å². The minimum atomic E-state index is -0.284. The van der Waals surface area contributed by atoms with Gasteiger partial charge in [0.1, 0.15) is 0 Å². The number of hydrogen-bond donors (Lipinski definition) is 2. The summed E-state index contributed by atoms with van der Waals surface area (Å²) in [5, 5.41) is 4.68. The van der Waals surface area contributed by atoms with Crippen molar-refractivity contribution in [2.45, 2.75) is 38.1 Å². The van der Waals surface area contributed by atoms with E-state index in [0.717, 1.165) is 30.0 Å². The van der Waals surface area contributed by atoms with Gasteiger partial charge in [0.15, 0.2) is 0 Å². The fourth-order valence-corrected chi connectivity index (χ4v) is 4.47. The monoisotopic (exact) mass is 415 g/mol. The highest BCUT2D eigenvalue weighted by molar-refractivity contribution is 6.25. The molecule has 0 saturated heterocycles. The van der Waals surface area contributed by atoms with E-state index in [1.54, 1.807) is 12.1 Å². The first-order chi connectivity index (χ1) is 13.6. The Kier molecular flexibility index (Phi) is 6.55. The first kappa shape index (κ1) is 21.3. The quantitative estimate of drug-likeness (QED) is 0.709. The summed E-state index contributed by atoms with van der Waals surface area (Å²) in [5.41, 5.74) is 6.87. The van der Waals surface area contributed by atoms with Crippen LogP contribution in [0, 0.1) is 5.92 Å². The molecule has 2 unspecified atom stereocenters. The Bertz CT molecular complexity index is 895. The maximum atomic E-state index is 12.8. The van der Waals surface area contributed by atoms with E-state index >= 15 is 0 Å². The first-order valence-electron chi connectivity index (χ1n) is 9.97. The minimum Gasteiger partial charge on any atom is -0.353 e. The smallest absolute Gasteiger partial charge is 0.261 e. The number of amides is 3. The number of nitrogens with one attached hydrogen (secondary N) is 1.